The van der Waals surface area contributed by atoms with E-state index in [2.05, 4.69) is 30.4 Å². The second kappa shape index (κ2) is 8.24. The van der Waals surface area contributed by atoms with E-state index in [1.807, 2.05) is 31.2 Å². The van der Waals surface area contributed by atoms with Crippen molar-refractivity contribution in [3.63, 3.8) is 0 Å². The summed E-state index contributed by atoms with van der Waals surface area (Å²) in [6.45, 7) is 4.33. The first-order valence-corrected chi connectivity index (χ1v) is 8.20. The van der Waals surface area contributed by atoms with Crippen molar-refractivity contribution in [2.24, 2.45) is 0 Å². The Kier molecular flexibility index (Phi) is 5.57. The summed E-state index contributed by atoms with van der Waals surface area (Å²) >= 11 is 0. The van der Waals surface area contributed by atoms with Gasteiger partial charge in [0.1, 0.15) is 12.3 Å². The summed E-state index contributed by atoms with van der Waals surface area (Å²) in [6, 6.07) is 7.79. The molecule has 0 spiro atoms. The number of benzene rings is 1. The van der Waals surface area contributed by atoms with Crippen molar-refractivity contribution in [2.45, 2.75) is 26.7 Å². The van der Waals surface area contributed by atoms with Crippen molar-refractivity contribution in [2.75, 3.05) is 13.2 Å². The van der Waals surface area contributed by atoms with E-state index in [0.717, 1.165) is 11.1 Å². The Bertz CT molecular complexity index is 873. The highest BCUT2D eigenvalue weighted by molar-refractivity contribution is 5.76. The van der Waals surface area contributed by atoms with Gasteiger partial charge in [0, 0.05) is 18.4 Å². The number of nitrogens with zero attached hydrogens (tertiary/aromatic N) is 4. The highest BCUT2D eigenvalue weighted by Gasteiger charge is 2.12. The quantitative estimate of drug-likeness (QED) is 0.607. The number of aromatic nitrogens is 4. The van der Waals surface area contributed by atoms with E-state index in [-0.39, 0.29) is 18.9 Å². The molecule has 0 saturated carbocycles. The molecule has 0 bridgehead atoms. The van der Waals surface area contributed by atoms with Gasteiger partial charge in [0.05, 0.1) is 6.54 Å². The predicted molar refractivity (Wildman–Crippen MR) is 90.3 cm³/mol. The van der Waals surface area contributed by atoms with Crippen LogP contribution >= 0.6 is 0 Å². The van der Waals surface area contributed by atoms with Crippen molar-refractivity contribution < 1.29 is 18.7 Å². The minimum atomic E-state index is -0.126. The summed E-state index contributed by atoms with van der Waals surface area (Å²) in [5.41, 5.74) is 2.55. The molecular formula is C17H19N5O4. The van der Waals surface area contributed by atoms with E-state index in [9.17, 15) is 4.79 Å². The predicted octanol–water partition coefficient (Wildman–Crippen LogP) is 1.86. The van der Waals surface area contributed by atoms with Gasteiger partial charge in [-0.15, -0.1) is 0 Å². The van der Waals surface area contributed by atoms with Gasteiger partial charge in [0.25, 0.3) is 5.88 Å². The molecule has 0 saturated heterocycles. The van der Waals surface area contributed by atoms with Crippen LogP contribution in [0.5, 0.6) is 5.88 Å². The molecule has 3 rings (SSSR count). The Balaban J connectivity index is 1.41. The fourth-order valence-electron chi connectivity index (χ4n) is 2.29. The van der Waals surface area contributed by atoms with Gasteiger partial charge in [-0.05, 0) is 24.6 Å². The molecule has 1 N–H and O–H groups in total. The zero-order valence-electron chi connectivity index (χ0n) is 14.6. The van der Waals surface area contributed by atoms with E-state index >= 15 is 0 Å². The molecular weight excluding hydrogens is 338 g/mol. The van der Waals surface area contributed by atoms with Crippen LogP contribution in [0.1, 0.15) is 23.6 Å². The SMILES string of the molecule is Cc1ccccc1-c1noc(CCC(=O)NCCOc2nonc2C)n1. The first kappa shape index (κ1) is 17.6. The third-order valence-electron chi connectivity index (χ3n) is 3.69. The highest BCUT2D eigenvalue weighted by atomic mass is 16.6. The number of carbonyl (C=O) groups is 1. The van der Waals surface area contributed by atoms with Gasteiger partial charge in [0.2, 0.25) is 17.6 Å². The first-order valence-electron chi connectivity index (χ1n) is 8.20. The number of hydrogen-bond donors (Lipinski definition) is 1. The van der Waals surface area contributed by atoms with Crippen molar-refractivity contribution in [1.82, 2.24) is 25.8 Å². The summed E-state index contributed by atoms with van der Waals surface area (Å²) in [4.78, 5) is 16.2. The van der Waals surface area contributed by atoms with Crippen LogP contribution in [0.2, 0.25) is 0 Å². The van der Waals surface area contributed by atoms with Crippen LogP contribution in [0.25, 0.3) is 11.4 Å². The molecule has 2 heterocycles. The fourth-order valence-corrected chi connectivity index (χ4v) is 2.29. The lowest BCUT2D eigenvalue weighted by atomic mass is 10.1. The van der Waals surface area contributed by atoms with Crippen molar-refractivity contribution in [3.8, 4) is 17.3 Å². The lowest BCUT2D eigenvalue weighted by molar-refractivity contribution is -0.121. The molecule has 2 aromatic heterocycles. The number of nitrogens with one attached hydrogen (secondary N) is 1. The summed E-state index contributed by atoms with van der Waals surface area (Å²) in [5, 5.41) is 13.9. The third kappa shape index (κ3) is 4.44. The Morgan fingerprint density at radius 1 is 1.19 bits per heavy atom. The van der Waals surface area contributed by atoms with E-state index in [4.69, 9.17) is 9.26 Å². The first-order chi connectivity index (χ1) is 12.6. The Hall–Kier alpha value is -3.23. The van der Waals surface area contributed by atoms with Gasteiger partial charge < -0.3 is 14.6 Å². The second-order valence-corrected chi connectivity index (χ2v) is 5.68. The maximum atomic E-state index is 11.9. The fraction of sp³-hybridized carbons (Fsp3) is 0.353. The normalized spacial score (nSPS) is 10.7. The number of carbonyl (C=O) groups excluding carboxylic acids is 1. The van der Waals surface area contributed by atoms with E-state index in [0.29, 0.717) is 36.3 Å². The number of ether oxygens (including phenoxy) is 1. The summed E-state index contributed by atoms with van der Waals surface area (Å²) in [5.74, 6) is 1.16. The summed E-state index contributed by atoms with van der Waals surface area (Å²) in [6.07, 6.45) is 0.623. The average molecular weight is 357 g/mol. The molecule has 26 heavy (non-hydrogen) atoms. The Labute approximate surface area is 149 Å². The molecule has 1 amide bonds. The molecule has 0 aliphatic carbocycles. The maximum absolute atomic E-state index is 11.9. The van der Waals surface area contributed by atoms with Crippen LogP contribution < -0.4 is 10.1 Å². The molecule has 0 aliphatic rings. The van der Waals surface area contributed by atoms with Crippen molar-refractivity contribution >= 4 is 5.91 Å². The zero-order chi connectivity index (χ0) is 18.4. The lowest BCUT2D eigenvalue weighted by Crippen LogP contribution is -2.28. The van der Waals surface area contributed by atoms with E-state index in [1.54, 1.807) is 6.92 Å². The van der Waals surface area contributed by atoms with Gasteiger partial charge in [0.15, 0.2) is 0 Å². The molecule has 0 unspecified atom stereocenters. The smallest absolute Gasteiger partial charge is 0.278 e. The second-order valence-electron chi connectivity index (χ2n) is 5.68. The van der Waals surface area contributed by atoms with Crippen LogP contribution in [0.15, 0.2) is 33.4 Å². The molecule has 9 nitrogen and oxygen atoms in total. The minimum Gasteiger partial charge on any atom is -0.472 e. The maximum Gasteiger partial charge on any atom is 0.278 e. The highest BCUT2D eigenvalue weighted by Crippen LogP contribution is 2.20. The standard InChI is InChI=1S/C17H19N5O4/c1-11-5-3-4-6-13(11)16-19-15(25-21-16)8-7-14(23)18-9-10-24-17-12(2)20-26-22-17/h3-6H,7-10H2,1-2H3,(H,18,23). The van der Waals surface area contributed by atoms with Gasteiger partial charge >= 0.3 is 0 Å². The molecule has 136 valence electrons. The number of rotatable bonds is 8. The van der Waals surface area contributed by atoms with Crippen LogP contribution in [0.4, 0.5) is 0 Å². The third-order valence-corrected chi connectivity index (χ3v) is 3.69. The Morgan fingerprint density at radius 2 is 2.04 bits per heavy atom. The van der Waals surface area contributed by atoms with E-state index in [1.165, 1.54) is 0 Å². The van der Waals surface area contributed by atoms with Gasteiger partial charge in [-0.1, -0.05) is 34.6 Å². The summed E-state index contributed by atoms with van der Waals surface area (Å²) in [7, 11) is 0. The number of hydrogen-bond acceptors (Lipinski definition) is 8. The van der Waals surface area contributed by atoms with Crippen LogP contribution in [-0.2, 0) is 11.2 Å². The molecule has 0 atom stereocenters. The minimum absolute atomic E-state index is 0.126. The zero-order valence-corrected chi connectivity index (χ0v) is 14.6. The number of amides is 1. The monoisotopic (exact) mass is 357 g/mol. The molecule has 0 radical (unpaired) electrons. The number of aryl methyl sites for hydroxylation is 3. The van der Waals surface area contributed by atoms with Crippen LogP contribution in [0.3, 0.4) is 0 Å². The molecule has 0 aliphatic heterocycles. The Morgan fingerprint density at radius 3 is 2.81 bits per heavy atom. The molecule has 9 heteroatoms. The van der Waals surface area contributed by atoms with Crippen molar-refractivity contribution in [3.05, 3.63) is 41.4 Å². The van der Waals surface area contributed by atoms with Gasteiger partial charge in [-0.25, -0.2) is 4.63 Å². The lowest BCUT2D eigenvalue weighted by Gasteiger charge is -2.04. The topological polar surface area (TPSA) is 116 Å². The van der Waals surface area contributed by atoms with Crippen molar-refractivity contribution in [1.29, 1.82) is 0 Å². The van der Waals surface area contributed by atoms with Gasteiger partial charge in [-0.3, -0.25) is 4.79 Å². The molecule has 3 aromatic rings. The van der Waals surface area contributed by atoms with Gasteiger partial charge in [-0.2, -0.15) is 4.98 Å². The van der Waals surface area contributed by atoms with E-state index < -0.39 is 0 Å². The van der Waals surface area contributed by atoms with Crippen LogP contribution in [0, 0.1) is 13.8 Å². The van der Waals surface area contributed by atoms with Crippen LogP contribution in [-0.4, -0.2) is 39.5 Å². The molecule has 1 aromatic carbocycles. The largest absolute Gasteiger partial charge is 0.472 e. The summed E-state index contributed by atoms with van der Waals surface area (Å²) < 4.78 is 15.1. The average Bonchev–Trinajstić information content (AvgIpc) is 3.26. The molecule has 0 fully saturated rings.